The molecule has 0 saturated carbocycles. The van der Waals surface area contributed by atoms with Gasteiger partial charge in [-0.05, 0) is 31.0 Å². The van der Waals surface area contributed by atoms with E-state index >= 15 is 0 Å². The molecular formula is C18H23N3O5. The average Bonchev–Trinajstić information content (AvgIpc) is 3.10. The molecule has 8 nitrogen and oxygen atoms in total. The lowest BCUT2D eigenvalue weighted by molar-refractivity contribution is 0.0594. The van der Waals surface area contributed by atoms with E-state index < -0.39 is 5.97 Å². The van der Waals surface area contributed by atoms with Crippen LogP contribution in [-0.2, 0) is 16.0 Å². The van der Waals surface area contributed by atoms with Gasteiger partial charge < -0.3 is 24.1 Å². The lowest BCUT2D eigenvalue weighted by Gasteiger charge is -2.22. The molecule has 0 atom stereocenters. The van der Waals surface area contributed by atoms with Gasteiger partial charge in [-0.25, -0.2) is 14.6 Å². The van der Waals surface area contributed by atoms with Crippen LogP contribution in [0.4, 0.5) is 10.5 Å². The summed E-state index contributed by atoms with van der Waals surface area (Å²) in [5.74, 6) is -0.360. The van der Waals surface area contributed by atoms with Gasteiger partial charge in [0.1, 0.15) is 6.26 Å². The van der Waals surface area contributed by atoms with Crippen LogP contribution in [-0.4, -0.2) is 49.3 Å². The van der Waals surface area contributed by atoms with Gasteiger partial charge in [0.05, 0.1) is 20.3 Å². The van der Waals surface area contributed by atoms with E-state index in [2.05, 4.69) is 15.0 Å². The molecule has 0 radical (unpaired) electrons. The highest BCUT2D eigenvalue weighted by atomic mass is 16.5. The fraction of sp³-hybridized carbons (Fsp3) is 0.389. The number of ether oxygens (including phenoxy) is 2. The zero-order valence-electron chi connectivity index (χ0n) is 15.4. The molecule has 0 bridgehead atoms. The fourth-order valence-corrected chi connectivity index (χ4v) is 2.28. The first-order valence-electron chi connectivity index (χ1n) is 8.10. The van der Waals surface area contributed by atoms with Gasteiger partial charge in [-0.2, -0.15) is 0 Å². The second-order valence-corrected chi connectivity index (χ2v) is 5.71. The van der Waals surface area contributed by atoms with Crippen molar-refractivity contribution in [1.29, 1.82) is 0 Å². The summed E-state index contributed by atoms with van der Waals surface area (Å²) in [6.45, 7) is 4.71. The van der Waals surface area contributed by atoms with Gasteiger partial charge in [0.2, 0.25) is 5.89 Å². The number of hydrogen-bond acceptors (Lipinski definition) is 6. The van der Waals surface area contributed by atoms with Crippen LogP contribution < -0.4 is 5.32 Å². The van der Waals surface area contributed by atoms with Crippen molar-refractivity contribution in [2.24, 2.45) is 0 Å². The first-order valence-corrected chi connectivity index (χ1v) is 8.10. The van der Waals surface area contributed by atoms with Crippen LogP contribution in [0.2, 0.25) is 0 Å². The van der Waals surface area contributed by atoms with E-state index in [4.69, 9.17) is 9.15 Å². The summed E-state index contributed by atoms with van der Waals surface area (Å²) in [5, 5.41) is 2.89. The summed E-state index contributed by atoms with van der Waals surface area (Å²) in [6.07, 6.45) is 1.21. The Morgan fingerprint density at radius 2 is 2.04 bits per heavy atom. The Balaban J connectivity index is 2.12. The molecule has 0 aliphatic heterocycles. The molecule has 0 saturated heterocycles. The molecule has 26 heavy (non-hydrogen) atoms. The number of aromatic nitrogens is 1. The van der Waals surface area contributed by atoms with E-state index in [0.29, 0.717) is 13.2 Å². The van der Waals surface area contributed by atoms with Gasteiger partial charge in [0, 0.05) is 19.3 Å². The maximum Gasteiger partial charge on any atom is 0.360 e. The first-order chi connectivity index (χ1) is 12.5. The Hall–Kier alpha value is -2.87. The number of rotatable bonds is 7. The van der Waals surface area contributed by atoms with Crippen LogP contribution in [0.5, 0.6) is 0 Å². The fourth-order valence-electron chi connectivity index (χ4n) is 2.28. The number of nitrogens with one attached hydrogen (secondary N) is 1. The highest BCUT2D eigenvalue weighted by molar-refractivity contribution is 5.90. The first kappa shape index (κ1) is 19.5. The number of amides is 2. The summed E-state index contributed by atoms with van der Waals surface area (Å²) in [6, 6.07) is 5.40. The van der Waals surface area contributed by atoms with E-state index in [-0.39, 0.29) is 24.2 Å². The number of hydrogen-bond donors (Lipinski definition) is 1. The van der Waals surface area contributed by atoms with Crippen molar-refractivity contribution >= 4 is 17.7 Å². The van der Waals surface area contributed by atoms with Gasteiger partial charge in [-0.3, -0.25) is 0 Å². The predicted molar refractivity (Wildman–Crippen MR) is 95.1 cm³/mol. The summed E-state index contributed by atoms with van der Waals surface area (Å²) in [7, 11) is 2.82. The van der Waals surface area contributed by atoms with Gasteiger partial charge in [-0.1, -0.05) is 12.1 Å². The van der Waals surface area contributed by atoms with Crippen molar-refractivity contribution in [2.45, 2.75) is 20.4 Å². The SMILES string of the molecule is COCCN(Cc1nc(C(=O)OC)co1)C(=O)Nc1cccc(C)c1C. The number of esters is 1. The summed E-state index contributed by atoms with van der Waals surface area (Å²) in [5.41, 5.74) is 2.88. The summed E-state index contributed by atoms with van der Waals surface area (Å²) in [4.78, 5) is 29.7. The molecule has 0 aliphatic rings. The zero-order valence-corrected chi connectivity index (χ0v) is 15.4. The lowest BCUT2D eigenvalue weighted by Crippen LogP contribution is -2.37. The molecule has 0 spiro atoms. The molecule has 2 rings (SSSR count). The van der Waals surface area contributed by atoms with E-state index in [0.717, 1.165) is 16.8 Å². The molecule has 1 N–H and O–H groups in total. The molecule has 1 aromatic heterocycles. The Labute approximate surface area is 152 Å². The molecule has 0 fully saturated rings. The van der Waals surface area contributed by atoms with E-state index in [9.17, 15) is 9.59 Å². The number of carbonyl (C=O) groups excluding carboxylic acids is 2. The van der Waals surface area contributed by atoms with Gasteiger partial charge in [-0.15, -0.1) is 0 Å². The maximum atomic E-state index is 12.7. The number of oxazole rings is 1. The number of aryl methyl sites for hydroxylation is 1. The molecular weight excluding hydrogens is 338 g/mol. The number of nitrogens with zero attached hydrogens (tertiary/aromatic N) is 2. The predicted octanol–water partition coefficient (Wildman–Crippen LogP) is 2.76. The van der Waals surface area contributed by atoms with Crippen LogP contribution in [0.1, 0.15) is 27.5 Å². The van der Waals surface area contributed by atoms with Crippen LogP contribution in [0.3, 0.4) is 0 Å². The quantitative estimate of drug-likeness (QED) is 0.762. The molecule has 0 aliphatic carbocycles. The van der Waals surface area contributed by atoms with Crippen molar-refractivity contribution in [3.8, 4) is 0 Å². The Morgan fingerprint density at radius 3 is 2.73 bits per heavy atom. The van der Waals surface area contributed by atoms with Gasteiger partial charge >= 0.3 is 12.0 Å². The minimum atomic E-state index is -0.594. The molecule has 2 amide bonds. The topological polar surface area (TPSA) is 93.9 Å². The van der Waals surface area contributed by atoms with Crippen LogP contribution >= 0.6 is 0 Å². The molecule has 140 valence electrons. The monoisotopic (exact) mass is 361 g/mol. The van der Waals surface area contributed by atoms with Gasteiger partial charge in [0.15, 0.2) is 5.69 Å². The third-order valence-electron chi connectivity index (χ3n) is 3.97. The second-order valence-electron chi connectivity index (χ2n) is 5.71. The Kier molecular flexibility index (Phi) is 6.74. The van der Waals surface area contributed by atoms with Crippen molar-refractivity contribution in [2.75, 3.05) is 32.7 Å². The number of carbonyl (C=O) groups is 2. The van der Waals surface area contributed by atoms with Crippen molar-refractivity contribution < 1.29 is 23.5 Å². The highest BCUT2D eigenvalue weighted by Gasteiger charge is 2.19. The molecule has 1 heterocycles. The maximum absolute atomic E-state index is 12.7. The lowest BCUT2D eigenvalue weighted by atomic mass is 10.1. The summed E-state index contributed by atoms with van der Waals surface area (Å²) < 4.78 is 14.9. The second kappa shape index (κ2) is 9.00. The number of anilines is 1. The third kappa shape index (κ3) is 4.82. The number of urea groups is 1. The van der Waals surface area contributed by atoms with Crippen molar-refractivity contribution in [3.05, 3.63) is 47.2 Å². The number of benzene rings is 1. The normalized spacial score (nSPS) is 10.5. The molecule has 0 unspecified atom stereocenters. The van der Waals surface area contributed by atoms with Crippen LogP contribution in [0, 0.1) is 13.8 Å². The Bertz CT molecular complexity index is 772. The molecule has 1 aromatic carbocycles. The minimum absolute atomic E-state index is 0.0594. The van der Waals surface area contributed by atoms with E-state index in [1.807, 2.05) is 32.0 Å². The largest absolute Gasteiger partial charge is 0.464 e. The van der Waals surface area contributed by atoms with Crippen LogP contribution in [0.25, 0.3) is 0 Å². The molecule has 2 aromatic rings. The average molecular weight is 361 g/mol. The smallest absolute Gasteiger partial charge is 0.360 e. The number of methoxy groups -OCH3 is 2. The Morgan fingerprint density at radius 1 is 1.27 bits per heavy atom. The third-order valence-corrected chi connectivity index (χ3v) is 3.97. The standard InChI is InChI=1S/C18H23N3O5/c1-12-6-5-7-14(13(12)2)20-18(23)21(8-9-24-3)10-16-19-15(11-26-16)17(22)25-4/h5-7,11H,8-10H2,1-4H3,(H,20,23). The zero-order chi connectivity index (χ0) is 19.1. The van der Waals surface area contributed by atoms with Gasteiger partial charge in [0.25, 0.3) is 0 Å². The van der Waals surface area contributed by atoms with E-state index in [1.54, 1.807) is 7.11 Å². The van der Waals surface area contributed by atoms with E-state index in [1.165, 1.54) is 18.3 Å². The summed E-state index contributed by atoms with van der Waals surface area (Å²) >= 11 is 0. The van der Waals surface area contributed by atoms with Crippen molar-refractivity contribution in [3.63, 3.8) is 0 Å². The highest BCUT2D eigenvalue weighted by Crippen LogP contribution is 2.19. The van der Waals surface area contributed by atoms with Crippen molar-refractivity contribution in [1.82, 2.24) is 9.88 Å². The van der Waals surface area contributed by atoms with Crippen LogP contribution in [0.15, 0.2) is 28.9 Å². The minimum Gasteiger partial charge on any atom is -0.464 e. The molecule has 8 heteroatoms.